The van der Waals surface area contributed by atoms with E-state index >= 15 is 4.39 Å². The molecule has 0 saturated heterocycles. The van der Waals surface area contributed by atoms with Crippen LogP contribution in [0.25, 0.3) is 22.2 Å². The van der Waals surface area contributed by atoms with Crippen LogP contribution in [0.1, 0.15) is 53.8 Å². The Hall–Kier alpha value is -4.68. The molecule has 3 heterocycles. The fourth-order valence-electron chi connectivity index (χ4n) is 5.41. The largest absolute Gasteiger partial charge is 0.494 e. The number of carbonyl (C=O) groups is 2. The van der Waals surface area contributed by atoms with Crippen molar-refractivity contribution in [2.75, 3.05) is 20.3 Å². The van der Waals surface area contributed by atoms with E-state index in [2.05, 4.69) is 10.4 Å². The number of rotatable bonds is 9. The molecule has 1 saturated carbocycles. The van der Waals surface area contributed by atoms with E-state index in [1.807, 2.05) is 0 Å². The van der Waals surface area contributed by atoms with Gasteiger partial charge in [-0.2, -0.15) is 13.9 Å². The zero-order valence-electron chi connectivity index (χ0n) is 23.2. The number of nitrogens with two attached hydrogens (primary N) is 1. The maximum absolute atomic E-state index is 15.9. The number of pyridine rings is 1. The highest BCUT2D eigenvalue weighted by Gasteiger charge is 2.53. The summed E-state index contributed by atoms with van der Waals surface area (Å²) in [5.41, 5.74) is 4.58. The van der Waals surface area contributed by atoms with Crippen molar-refractivity contribution in [3.05, 3.63) is 71.3 Å². The first-order chi connectivity index (χ1) is 20.4. The van der Waals surface area contributed by atoms with Gasteiger partial charge in [0.15, 0.2) is 0 Å². The molecule has 0 spiro atoms. The van der Waals surface area contributed by atoms with E-state index in [1.54, 1.807) is 13.0 Å². The Morgan fingerprint density at radius 1 is 1.19 bits per heavy atom. The quantitative estimate of drug-likeness (QED) is 0.268. The Bertz CT molecular complexity index is 1760. The third kappa shape index (κ3) is 4.92. The highest BCUT2D eigenvalue weighted by molar-refractivity contribution is 6.00. The first-order valence-corrected chi connectivity index (χ1v) is 13.5. The molecule has 224 valence electrons. The van der Waals surface area contributed by atoms with E-state index in [4.69, 9.17) is 20.2 Å². The number of hydrogen-bond acceptors (Lipinski definition) is 6. The van der Waals surface area contributed by atoms with Crippen LogP contribution >= 0.6 is 0 Å². The van der Waals surface area contributed by atoms with Crippen LogP contribution in [-0.2, 0) is 10.2 Å². The number of carbonyl (C=O) groups excluding carboxylic acids is 2. The van der Waals surface area contributed by atoms with Gasteiger partial charge < -0.3 is 20.5 Å². The third-order valence-corrected chi connectivity index (χ3v) is 8.20. The summed E-state index contributed by atoms with van der Waals surface area (Å²) >= 11 is 0. The van der Waals surface area contributed by atoms with Crippen LogP contribution in [-0.4, -0.2) is 52.5 Å². The van der Waals surface area contributed by atoms with Gasteiger partial charge in [-0.1, -0.05) is 0 Å². The summed E-state index contributed by atoms with van der Waals surface area (Å²) < 4.78 is 67.7. The molecule has 1 aliphatic heterocycles. The second-order valence-corrected chi connectivity index (χ2v) is 11.1. The molecular formula is C30H27F4N5O4. The second kappa shape index (κ2) is 10.2. The van der Waals surface area contributed by atoms with Gasteiger partial charge in [-0.3, -0.25) is 9.59 Å². The van der Waals surface area contributed by atoms with Crippen molar-refractivity contribution < 1.29 is 36.6 Å². The molecule has 43 heavy (non-hydrogen) atoms. The maximum Gasteiger partial charge on any atom is 0.333 e. The van der Waals surface area contributed by atoms with E-state index < -0.39 is 41.2 Å². The average Bonchev–Trinajstić information content (AvgIpc) is 3.41. The van der Waals surface area contributed by atoms with Gasteiger partial charge in [0.2, 0.25) is 5.91 Å². The minimum Gasteiger partial charge on any atom is -0.494 e. The van der Waals surface area contributed by atoms with Crippen LogP contribution in [0.3, 0.4) is 0 Å². The predicted octanol–water partition coefficient (Wildman–Crippen LogP) is 4.79. The summed E-state index contributed by atoms with van der Waals surface area (Å²) in [6, 6.07) is 9.87. The van der Waals surface area contributed by atoms with Crippen molar-refractivity contribution in [2.24, 2.45) is 5.73 Å². The number of methoxy groups -OCH3 is 1. The number of hydrogen-bond donors (Lipinski definition) is 2. The lowest BCUT2D eigenvalue weighted by Gasteiger charge is -2.24. The predicted molar refractivity (Wildman–Crippen MR) is 147 cm³/mol. The lowest BCUT2D eigenvalue weighted by Crippen LogP contribution is -2.40. The normalized spacial score (nSPS) is 19.1. The molecule has 1 fully saturated rings. The molecule has 2 amide bonds. The van der Waals surface area contributed by atoms with Crippen LogP contribution in [0, 0.1) is 5.82 Å². The topological polar surface area (TPSA) is 121 Å². The number of nitrogens with zero attached hydrogens (tertiary/aromatic N) is 3. The average molecular weight is 598 g/mol. The number of benzene rings is 2. The Labute approximate surface area is 243 Å². The Morgan fingerprint density at radius 3 is 2.53 bits per heavy atom. The van der Waals surface area contributed by atoms with Crippen LogP contribution in [0.4, 0.5) is 17.6 Å². The third-order valence-electron chi connectivity index (χ3n) is 8.20. The van der Waals surface area contributed by atoms with E-state index in [0.29, 0.717) is 27.3 Å². The van der Waals surface area contributed by atoms with E-state index in [1.165, 1.54) is 43.5 Å². The summed E-state index contributed by atoms with van der Waals surface area (Å²) in [7, 11) is 1.33. The van der Waals surface area contributed by atoms with Crippen LogP contribution in [0.15, 0.2) is 48.7 Å². The van der Waals surface area contributed by atoms with Gasteiger partial charge in [-0.15, -0.1) is 0 Å². The lowest BCUT2D eigenvalue weighted by atomic mass is 9.82. The summed E-state index contributed by atoms with van der Waals surface area (Å²) in [5, 5.41) is 6.83. The van der Waals surface area contributed by atoms with Gasteiger partial charge in [0.1, 0.15) is 46.2 Å². The van der Waals surface area contributed by atoms with E-state index in [0.717, 1.165) is 6.20 Å². The van der Waals surface area contributed by atoms with Gasteiger partial charge in [0, 0.05) is 40.5 Å². The van der Waals surface area contributed by atoms with Crippen molar-refractivity contribution in [1.29, 1.82) is 0 Å². The lowest BCUT2D eigenvalue weighted by molar-refractivity contribution is -0.123. The molecule has 4 aromatic rings. The standard InChI is InChI=1S/C30H27F4N5O4/c1-29(27(35)41)14-43-25-19(29)11-21(37-24(25)15-3-5-18(31)6-4-15)20(30(34)7-8-30)12-36-26(40)16-9-17-13-39(28(32)33)38-23(17)22(10-16)42-2/h3-6,9-11,13,20,28H,7-8,12,14H2,1-2H3,(H2,35,41)(H,36,40)/t20-,29+/m1/s1. The first-order valence-electron chi connectivity index (χ1n) is 13.5. The smallest absolute Gasteiger partial charge is 0.333 e. The monoisotopic (exact) mass is 597 g/mol. The minimum atomic E-state index is -2.88. The molecule has 1 aliphatic carbocycles. The molecule has 2 aromatic carbocycles. The zero-order chi connectivity index (χ0) is 30.7. The fraction of sp³-hybridized carbons (Fsp3) is 0.333. The Kier molecular flexibility index (Phi) is 6.78. The summed E-state index contributed by atoms with van der Waals surface area (Å²) in [4.78, 5) is 30.5. The van der Waals surface area contributed by atoms with Crippen molar-refractivity contribution in [1.82, 2.24) is 20.1 Å². The van der Waals surface area contributed by atoms with Crippen molar-refractivity contribution in [2.45, 2.75) is 43.3 Å². The molecule has 0 radical (unpaired) electrons. The van der Waals surface area contributed by atoms with Crippen LogP contribution in [0.2, 0.25) is 0 Å². The van der Waals surface area contributed by atoms with Crippen LogP contribution in [0.5, 0.6) is 11.5 Å². The molecule has 2 atom stereocenters. The summed E-state index contributed by atoms with van der Waals surface area (Å²) in [6.07, 6.45) is 1.56. The van der Waals surface area contributed by atoms with Crippen LogP contribution < -0.4 is 20.5 Å². The van der Waals surface area contributed by atoms with Gasteiger partial charge in [0.05, 0.1) is 13.0 Å². The number of nitrogens with one attached hydrogen (secondary N) is 1. The molecule has 6 rings (SSSR count). The number of fused-ring (bicyclic) bond motifs is 2. The van der Waals surface area contributed by atoms with E-state index in [9.17, 15) is 22.8 Å². The zero-order valence-corrected chi connectivity index (χ0v) is 23.2. The highest BCUT2D eigenvalue weighted by Crippen LogP contribution is 2.52. The SMILES string of the molecule is COc1cc(C(=O)NC[C@H](c2cc3c(c(-c4ccc(F)cc4)n2)OC[C@]3(C)C(N)=O)C2(F)CC2)cc2cn(C(F)F)nc12. The summed E-state index contributed by atoms with van der Waals surface area (Å²) in [5.74, 6) is -2.20. The van der Waals surface area contributed by atoms with Crippen molar-refractivity contribution >= 4 is 22.7 Å². The van der Waals surface area contributed by atoms with Crippen molar-refractivity contribution in [3.63, 3.8) is 0 Å². The van der Waals surface area contributed by atoms with Gasteiger partial charge in [-0.25, -0.2) is 18.4 Å². The minimum absolute atomic E-state index is 0.0500. The molecular weight excluding hydrogens is 570 g/mol. The highest BCUT2D eigenvalue weighted by atomic mass is 19.3. The summed E-state index contributed by atoms with van der Waals surface area (Å²) in [6.45, 7) is -1.48. The molecule has 13 heteroatoms. The van der Waals surface area contributed by atoms with Gasteiger partial charge >= 0.3 is 6.55 Å². The fourth-order valence-corrected chi connectivity index (χ4v) is 5.41. The molecule has 2 aromatic heterocycles. The number of amides is 2. The molecule has 9 nitrogen and oxygen atoms in total. The molecule has 3 N–H and O–H groups in total. The Morgan fingerprint density at radius 2 is 1.91 bits per heavy atom. The van der Waals surface area contributed by atoms with Gasteiger partial charge in [-0.05, 0) is 62.2 Å². The van der Waals surface area contributed by atoms with Gasteiger partial charge in [0.25, 0.3) is 5.91 Å². The number of primary amides is 1. The molecule has 0 bridgehead atoms. The molecule has 2 aliphatic rings. The van der Waals surface area contributed by atoms with Crippen molar-refractivity contribution in [3.8, 4) is 22.8 Å². The second-order valence-electron chi connectivity index (χ2n) is 11.1. The Balaban J connectivity index is 1.37. The number of alkyl halides is 3. The van der Waals surface area contributed by atoms with E-state index in [-0.39, 0.29) is 53.9 Å². The maximum atomic E-state index is 15.9. The molecule has 0 unspecified atom stereocenters. The number of aromatic nitrogens is 3. The first kappa shape index (κ1) is 28.4. The number of ether oxygens (including phenoxy) is 2. The number of halogens is 4.